The molecule has 0 saturated heterocycles. The zero-order valence-corrected chi connectivity index (χ0v) is 25.9. The van der Waals surface area contributed by atoms with Crippen LogP contribution in [0.2, 0.25) is 0 Å². The van der Waals surface area contributed by atoms with Gasteiger partial charge in [-0.25, -0.2) is 9.78 Å². The van der Waals surface area contributed by atoms with E-state index in [1.165, 1.54) is 18.4 Å². The van der Waals surface area contributed by atoms with Crippen LogP contribution in [0.1, 0.15) is 49.0 Å². The van der Waals surface area contributed by atoms with Gasteiger partial charge >= 0.3 is 16.4 Å². The summed E-state index contributed by atoms with van der Waals surface area (Å²) >= 11 is 1.51. The van der Waals surface area contributed by atoms with Crippen molar-refractivity contribution in [3.63, 3.8) is 0 Å². The van der Waals surface area contributed by atoms with E-state index in [4.69, 9.17) is 9.72 Å². The van der Waals surface area contributed by atoms with E-state index >= 15 is 0 Å². The second kappa shape index (κ2) is 14.5. The van der Waals surface area contributed by atoms with Gasteiger partial charge in [0.25, 0.3) is 0 Å². The van der Waals surface area contributed by atoms with Gasteiger partial charge in [-0.1, -0.05) is 86.2 Å². The van der Waals surface area contributed by atoms with Crippen molar-refractivity contribution in [1.29, 1.82) is 0 Å². The molecule has 2 aromatic carbocycles. The summed E-state index contributed by atoms with van der Waals surface area (Å²) < 4.78 is 38.9. The van der Waals surface area contributed by atoms with Gasteiger partial charge in [-0.2, -0.15) is 8.42 Å². The summed E-state index contributed by atoms with van der Waals surface area (Å²) in [6.07, 6.45) is 4.59. The fourth-order valence-electron chi connectivity index (χ4n) is 4.95. The Bertz CT molecular complexity index is 1590. The van der Waals surface area contributed by atoms with Crippen LogP contribution in [-0.2, 0) is 32.7 Å². The number of hydrogen-bond acceptors (Lipinski definition) is 7. The van der Waals surface area contributed by atoms with E-state index in [0.717, 1.165) is 32.3 Å². The monoisotopic (exact) mass is 624 g/mol. The number of rotatable bonds is 12. The smallest absolute Gasteiger partial charge is 0.407 e. The van der Waals surface area contributed by atoms with E-state index in [9.17, 15) is 22.6 Å². The third kappa shape index (κ3) is 8.99. The molecule has 1 aromatic heterocycles. The average molecular weight is 625 g/mol. The summed E-state index contributed by atoms with van der Waals surface area (Å²) in [6, 6.07) is 17.9. The van der Waals surface area contributed by atoms with E-state index in [1.807, 2.05) is 74.5 Å². The number of alkyl carbamates (subject to hydrolysis) is 1. The number of nitrogens with zero attached hydrogens (tertiary/aromatic N) is 1. The zero-order valence-electron chi connectivity index (χ0n) is 24.2. The fraction of sp³-hybridized carbons (Fsp3) is 0.323. The molecule has 4 N–H and O–H groups in total. The van der Waals surface area contributed by atoms with E-state index in [0.29, 0.717) is 25.0 Å². The Kier molecular flexibility index (Phi) is 10.7. The highest BCUT2D eigenvalue weighted by molar-refractivity contribution is 7.83. The summed E-state index contributed by atoms with van der Waals surface area (Å²) in [7, 11) is -3.14. The number of nitrogens with one attached hydrogen (secondary N) is 3. The first-order chi connectivity index (χ1) is 20.6. The van der Waals surface area contributed by atoms with Crippen LogP contribution < -0.4 is 15.4 Å². The molecule has 228 valence electrons. The lowest BCUT2D eigenvalue weighted by atomic mass is 9.89. The Hall–Kier alpha value is -4.00. The molecule has 0 radical (unpaired) electrons. The number of hydrogen-bond donors (Lipinski definition) is 4. The molecule has 0 saturated carbocycles. The molecular weight excluding hydrogens is 588 g/mol. The molecule has 43 heavy (non-hydrogen) atoms. The van der Waals surface area contributed by atoms with E-state index in [2.05, 4.69) is 15.4 Å². The summed E-state index contributed by atoms with van der Waals surface area (Å²) in [5.41, 5.74) is 4.18. The number of ether oxygens (including phenoxy) is 1. The van der Waals surface area contributed by atoms with E-state index in [-0.39, 0.29) is 18.2 Å². The molecule has 3 atom stereocenters. The van der Waals surface area contributed by atoms with E-state index in [1.54, 1.807) is 12.2 Å². The van der Waals surface area contributed by atoms with Crippen molar-refractivity contribution in [3.8, 4) is 10.4 Å². The van der Waals surface area contributed by atoms with Gasteiger partial charge < -0.3 is 15.4 Å². The van der Waals surface area contributed by atoms with Crippen molar-refractivity contribution in [2.45, 2.75) is 51.6 Å². The van der Waals surface area contributed by atoms with Gasteiger partial charge in [0.05, 0.1) is 23.7 Å². The number of carbonyl (C=O) groups excluding carboxylic acids is 2. The van der Waals surface area contributed by atoms with Crippen LogP contribution in [0.15, 0.2) is 84.1 Å². The molecule has 1 aliphatic carbocycles. The molecule has 1 unspecified atom stereocenters. The minimum absolute atomic E-state index is 0.215. The lowest BCUT2D eigenvalue weighted by Crippen LogP contribution is -2.49. The third-order valence-electron chi connectivity index (χ3n) is 7.09. The molecule has 4 rings (SSSR count). The van der Waals surface area contributed by atoms with E-state index < -0.39 is 28.5 Å². The topological polar surface area (TPSA) is 147 Å². The number of carbonyl (C=O) groups is 2. The fourth-order valence-corrected chi connectivity index (χ4v) is 6.73. The number of allylic oxidation sites excluding steroid dienone is 3. The SMILES string of the molecule is CCc1nc([C@H](CC2=CC=C(NS(=O)(=O)O)C(C)C2)NC(=O)[C@H](Cc2ccccc2)NC(=O)OC)sc1-c1ccccc1. The van der Waals surface area contributed by atoms with Gasteiger partial charge in [0.2, 0.25) is 5.91 Å². The summed E-state index contributed by atoms with van der Waals surface area (Å²) in [4.78, 5) is 32.0. The highest BCUT2D eigenvalue weighted by Gasteiger charge is 2.29. The normalized spacial score (nSPS) is 16.3. The standard InChI is InChI=1S/C31H36N4O6S2/c1-4-24-28(23-13-9-6-10-14-23)42-30(33-24)27(19-22-15-16-25(20(2)17-22)35-43(38,39)40)32-29(36)26(34-31(37)41-3)18-21-11-7-5-8-12-21/h5-16,20,26-27,35H,4,17-19H2,1-3H3,(H,32,36)(H,34,37)(H,38,39,40)/t20?,26-,27-/m0/s1. The number of thiazole rings is 1. The lowest BCUT2D eigenvalue weighted by Gasteiger charge is -2.26. The molecular formula is C31H36N4O6S2. The highest BCUT2D eigenvalue weighted by atomic mass is 32.2. The first-order valence-electron chi connectivity index (χ1n) is 13.9. The molecule has 3 aromatic rings. The van der Waals surface area contributed by atoms with Gasteiger partial charge in [0, 0.05) is 18.0 Å². The van der Waals surface area contributed by atoms with Crippen molar-refractivity contribution in [2.75, 3.05) is 7.11 Å². The van der Waals surface area contributed by atoms with Crippen molar-refractivity contribution >= 4 is 33.6 Å². The van der Waals surface area contributed by atoms with Crippen LogP contribution in [-0.4, -0.2) is 43.1 Å². The van der Waals surface area contributed by atoms with Crippen molar-refractivity contribution in [3.05, 3.63) is 100 Å². The maximum absolute atomic E-state index is 13.8. The van der Waals surface area contributed by atoms with Crippen molar-refractivity contribution < 1.29 is 27.3 Å². The van der Waals surface area contributed by atoms with Crippen LogP contribution in [0, 0.1) is 5.92 Å². The summed E-state index contributed by atoms with van der Waals surface area (Å²) in [5.74, 6) is -0.602. The van der Waals surface area contributed by atoms with Crippen molar-refractivity contribution in [1.82, 2.24) is 20.3 Å². The quantitative estimate of drug-likeness (QED) is 0.204. The maximum Gasteiger partial charge on any atom is 0.407 e. The molecule has 1 aliphatic rings. The Morgan fingerprint density at radius 2 is 1.72 bits per heavy atom. The molecule has 0 spiro atoms. The average Bonchev–Trinajstić information content (AvgIpc) is 3.43. The number of benzene rings is 2. The van der Waals surface area contributed by atoms with Crippen molar-refractivity contribution in [2.24, 2.45) is 5.92 Å². The first kappa shape index (κ1) is 31.9. The second-order valence-corrected chi connectivity index (χ2v) is 12.5. The Morgan fingerprint density at radius 3 is 2.33 bits per heavy atom. The van der Waals surface area contributed by atoms with Gasteiger partial charge in [-0.15, -0.1) is 11.3 Å². The van der Waals surface area contributed by atoms with Crippen LogP contribution in [0.3, 0.4) is 0 Å². The summed E-state index contributed by atoms with van der Waals surface area (Å²) in [6.45, 7) is 3.89. The Morgan fingerprint density at radius 1 is 1.05 bits per heavy atom. The minimum Gasteiger partial charge on any atom is -0.453 e. The first-order valence-corrected chi connectivity index (χ1v) is 16.2. The molecule has 10 nitrogen and oxygen atoms in total. The highest BCUT2D eigenvalue weighted by Crippen LogP contribution is 2.37. The van der Waals surface area contributed by atoms with Gasteiger partial charge in [0.1, 0.15) is 11.0 Å². The van der Waals surface area contributed by atoms with Crippen LogP contribution in [0.25, 0.3) is 10.4 Å². The Labute approximate surface area is 256 Å². The van der Waals surface area contributed by atoms with Gasteiger partial charge in [-0.3, -0.25) is 14.1 Å². The third-order valence-corrected chi connectivity index (χ3v) is 8.84. The number of amides is 2. The molecule has 2 amide bonds. The molecule has 12 heteroatoms. The summed E-state index contributed by atoms with van der Waals surface area (Å²) in [5, 5.41) is 6.52. The predicted molar refractivity (Wildman–Crippen MR) is 167 cm³/mol. The van der Waals surface area contributed by atoms with Crippen LogP contribution in [0.4, 0.5) is 4.79 Å². The Balaban J connectivity index is 1.67. The van der Waals surface area contributed by atoms with Crippen LogP contribution >= 0.6 is 11.3 Å². The molecule has 0 bridgehead atoms. The molecule has 0 aliphatic heterocycles. The molecule has 0 fully saturated rings. The van der Waals surface area contributed by atoms with Crippen LogP contribution in [0.5, 0.6) is 0 Å². The number of methoxy groups -OCH3 is 1. The number of aryl methyl sites for hydroxylation is 1. The predicted octanol–water partition coefficient (Wildman–Crippen LogP) is 5.13. The van der Waals surface area contributed by atoms with Gasteiger partial charge in [0.15, 0.2) is 0 Å². The largest absolute Gasteiger partial charge is 0.453 e. The molecule has 1 heterocycles. The zero-order chi connectivity index (χ0) is 31.0. The minimum atomic E-state index is -4.39. The second-order valence-electron chi connectivity index (χ2n) is 10.3. The number of aromatic nitrogens is 1. The lowest BCUT2D eigenvalue weighted by molar-refractivity contribution is -0.123. The van der Waals surface area contributed by atoms with Gasteiger partial charge in [-0.05, 0) is 36.5 Å². The maximum atomic E-state index is 13.8.